The van der Waals surface area contributed by atoms with E-state index in [9.17, 15) is 0 Å². The number of rotatable bonds is 3. The average molecular weight is 194 g/mol. The van der Waals surface area contributed by atoms with Gasteiger partial charge in [-0.3, -0.25) is 0 Å². The van der Waals surface area contributed by atoms with Crippen molar-refractivity contribution < 1.29 is 4.74 Å². The van der Waals surface area contributed by atoms with Gasteiger partial charge >= 0.3 is 0 Å². The fraction of sp³-hybridized carbons (Fsp3) is 0.538. The lowest BCUT2D eigenvalue weighted by atomic mass is 10.1. The largest absolute Gasteiger partial charge is 0.384 e. The summed E-state index contributed by atoms with van der Waals surface area (Å²) in [6, 6.07) is 0. The number of ether oxygens (including phenoxy) is 1. The molecule has 0 saturated heterocycles. The zero-order valence-electron chi connectivity index (χ0n) is 9.84. The van der Waals surface area contributed by atoms with Crippen molar-refractivity contribution in [1.29, 1.82) is 0 Å². The predicted octanol–water partition coefficient (Wildman–Crippen LogP) is 3.88. The van der Waals surface area contributed by atoms with Crippen molar-refractivity contribution in [3.63, 3.8) is 0 Å². The molecule has 0 N–H and O–H groups in total. The Morgan fingerprint density at radius 1 is 1.21 bits per heavy atom. The number of hydrogen-bond acceptors (Lipinski definition) is 1. The smallest absolute Gasteiger partial charge is 0.0502 e. The summed E-state index contributed by atoms with van der Waals surface area (Å²) in [5.74, 6) is 0. The lowest BCUT2D eigenvalue weighted by Crippen LogP contribution is -1.89. The first-order chi connectivity index (χ1) is 6.83. The van der Waals surface area contributed by atoms with Gasteiger partial charge in [-0.15, -0.1) is 0 Å². The second kappa shape index (κ2) is 8.76. The third-order valence-corrected chi connectivity index (χ3v) is 1.98. The molecule has 1 nitrogen and oxygen atoms in total. The van der Waals surface area contributed by atoms with Gasteiger partial charge in [0.05, 0.1) is 6.61 Å². The van der Waals surface area contributed by atoms with Gasteiger partial charge in [0, 0.05) is 7.11 Å². The second-order valence-corrected chi connectivity index (χ2v) is 3.04. The van der Waals surface area contributed by atoms with Gasteiger partial charge in [0.2, 0.25) is 0 Å². The molecular weight excluding hydrogens is 172 g/mol. The maximum atomic E-state index is 5.02. The molecule has 1 heteroatoms. The first kappa shape index (κ1) is 13.2. The molecule has 80 valence electrons. The molecule has 14 heavy (non-hydrogen) atoms. The van der Waals surface area contributed by atoms with Crippen molar-refractivity contribution in [3.05, 3.63) is 35.5 Å². The molecule has 0 aliphatic heterocycles. The molecule has 0 unspecified atom stereocenters. The Kier molecular flexibility index (Phi) is 8.25. The Morgan fingerprint density at radius 3 is 2.57 bits per heavy atom. The van der Waals surface area contributed by atoms with Crippen LogP contribution in [0.3, 0.4) is 0 Å². The summed E-state index contributed by atoms with van der Waals surface area (Å²) >= 11 is 0. The van der Waals surface area contributed by atoms with E-state index in [-0.39, 0.29) is 0 Å². The lowest BCUT2D eigenvalue weighted by molar-refractivity contribution is 0.203. The van der Waals surface area contributed by atoms with E-state index < -0.39 is 0 Å². The highest BCUT2D eigenvalue weighted by Crippen LogP contribution is 2.12. The first-order valence-corrected chi connectivity index (χ1v) is 5.36. The van der Waals surface area contributed by atoms with Crippen LogP contribution in [-0.2, 0) is 4.74 Å². The number of hydrogen-bond donors (Lipinski definition) is 0. The maximum absolute atomic E-state index is 5.02. The summed E-state index contributed by atoms with van der Waals surface area (Å²) in [6.07, 6.45) is 10.9. The molecule has 0 bridgehead atoms. The summed E-state index contributed by atoms with van der Waals surface area (Å²) in [6.45, 7) is 6.94. The van der Waals surface area contributed by atoms with E-state index in [1.165, 1.54) is 11.1 Å². The van der Waals surface area contributed by atoms with Gasteiger partial charge in [0.15, 0.2) is 0 Å². The Hall–Kier alpha value is -0.820. The van der Waals surface area contributed by atoms with Crippen molar-refractivity contribution in [2.45, 2.75) is 33.6 Å². The van der Waals surface area contributed by atoms with Crippen LogP contribution in [0.1, 0.15) is 33.6 Å². The molecule has 0 spiro atoms. The number of methoxy groups -OCH3 is 1. The van der Waals surface area contributed by atoms with Gasteiger partial charge in [-0.2, -0.15) is 0 Å². The van der Waals surface area contributed by atoms with Crippen LogP contribution in [0.25, 0.3) is 0 Å². The van der Waals surface area contributed by atoms with Crippen molar-refractivity contribution in [3.8, 4) is 0 Å². The Labute approximate surface area is 88.2 Å². The lowest BCUT2D eigenvalue weighted by Gasteiger charge is -1.98. The predicted molar refractivity (Wildman–Crippen MR) is 63.4 cm³/mol. The van der Waals surface area contributed by atoms with E-state index in [1.54, 1.807) is 7.11 Å². The van der Waals surface area contributed by atoms with Gasteiger partial charge in [-0.1, -0.05) is 43.7 Å². The van der Waals surface area contributed by atoms with Crippen LogP contribution in [0.5, 0.6) is 0 Å². The Balaban J connectivity index is 0.000000791. The third-order valence-electron chi connectivity index (χ3n) is 1.98. The highest BCUT2D eigenvalue weighted by molar-refractivity contribution is 5.30. The number of allylic oxidation sites excluding steroid dienone is 5. The first-order valence-electron chi connectivity index (χ1n) is 5.36. The molecule has 0 radical (unpaired) electrons. The summed E-state index contributed by atoms with van der Waals surface area (Å²) in [5.41, 5.74) is 2.73. The monoisotopic (exact) mass is 194 g/mol. The van der Waals surface area contributed by atoms with Gasteiger partial charge in [-0.05, 0) is 25.3 Å². The topological polar surface area (TPSA) is 9.23 Å². The molecule has 0 aromatic rings. The summed E-state index contributed by atoms with van der Waals surface area (Å²) in [4.78, 5) is 0. The summed E-state index contributed by atoms with van der Waals surface area (Å²) < 4.78 is 5.02. The maximum Gasteiger partial charge on any atom is 0.0502 e. The standard InChI is InChI=1S/C11H16O.C2H6/c1-10-4-3-5-11(7-6-10)8-9-12-2;1-2/h4-7H,3,8-9H2,1-2H3;1-2H3. The average Bonchev–Trinajstić information content (AvgIpc) is 2.43. The van der Waals surface area contributed by atoms with Crippen LogP contribution < -0.4 is 0 Å². The van der Waals surface area contributed by atoms with Crippen molar-refractivity contribution >= 4 is 0 Å². The van der Waals surface area contributed by atoms with E-state index >= 15 is 0 Å². The van der Waals surface area contributed by atoms with E-state index in [2.05, 4.69) is 31.2 Å². The fourth-order valence-electron chi connectivity index (χ4n) is 1.18. The van der Waals surface area contributed by atoms with Crippen molar-refractivity contribution in [2.24, 2.45) is 0 Å². The molecule has 1 aliphatic rings. The molecule has 0 saturated carbocycles. The highest BCUT2D eigenvalue weighted by Gasteiger charge is 1.95. The minimum atomic E-state index is 0.815. The van der Waals surface area contributed by atoms with E-state index in [0.717, 1.165) is 19.4 Å². The quantitative estimate of drug-likeness (QED) is 0.662. The minimum absolute atomic E-state index is 0.815. The Morgan fingerprint density at radius 2 is 1.93 bits per heavy atom. The molecule has 0 heterocycles. The van der Waals surface area contributed by atoms with E-state index in [4.69, 9.17) is 4.74 Å². The molecule has 0 aromatic heterocycles. The SMILES string of the molecule is CC.COCCC1=CCC=C(C)C=C1. The van der Waals surface area contributed by atoms with E-state index in [1.807, 2.05) is 13.8 Å². The van der Waals surface area contributed by atoms with Gasteiger partial charge in [0.25, 0.3) is 0 Å². The molecule has 0 fully saturated rings. The van der Waals surface area contributed by atoms with Crippen LogP contribution in [0.2, 0.25) is 0 Å². The summed E-state index contributed by atoms with van der Waals surface area (Å²) in [5, 5.41) is 0. The second-order valence-electron chi connectivity index (χ2n) is 3.04. The van der Waals surface area contributed by atoms with Crippen LogP contribution in [-0.4, -0.2) is 13.7 Å². The zero-order valence-corrected chi connectivity index (χ0v) is 9.84. The van der Waals surface area contributed by atoms with Gasteiger partial charge in [0.1, 0.15) is 0 Å². The van der Waals surface area contributed by atoms with E-state index in [0.29, 0.717) is 0 Å². The van der Waals surface area contributed by atoms with Crippen LogP contribution >= 0.6 is 0 Å². The van der Waals surface area contributed by atoms with Crippen LogP contribution in [0.15, 0.2) is 35.5 Å². The Bertz CT molecular complexity index is 221. The summed E-state index contributed by atoms with van der Waals surface area (Å²) in [7, 11) is 1.74. The zero-order chi connectivity index (χ0) is 10.8. The van der Waals surface area contributed by atoms with Crippen molar-refractivity contribution in [2.75, 3.05) is 13.7 Å². The highest BCUT2D eigenvalue weighted by atomic mass is 16.5. The van der Waals surface area contributed by atoms with Gasteiger partial charge < -0.3 is 4.74 Å². The fourth-order valence-corrected chi connectivity index (χ4v) is 1.18. The minimum Gasteiger partial charge on any atom is -0.384 e. The van der Waals surface area contributed by atoms with Crippen molar-refractivity contribution in [1.82, 2.24) is 0 Å². The third kappa shape index (κ3) is 5.76. The van der Waals surface area contributed by atoms with Crippen LogP contribution in [0.4, 0.5) is 0 Å². The van der Waals surface area contributed by atoms with Gasteiger partial charge in [-0.25, -0.2) is 0 Å². The molecule has 0 aromatic carbocycles. The molecule has 1 rings (SSSR count). The molecular formula is C13H22O. The molecule has 0 amide bonds. The van der Waals surface area contributed by atoms with Crippen LogP contribution in [0, 0.1) is 0 Å². The normalized spacial score (nSPS) is 14.9. The molecule has 1 aliphatic carbocycles. The molecule has 0 atom stereocenters.